The number of hydrogen-bond acceptors (Lipinski definition) is 4. The van der Waals surface area contributed by atoms with Crippen LogP contribution in [0.4, 0.5) is 0 Å². The minimum Gasteiger partial charge on any atom is -0.491 e. The molecule has 6 heteroatoms. The predicted molar refractivity (Wildman–Crippen MR) is 116 cm³/mol. The third-order valence-electron chi connectivity index (χ3n) is 4.73. The van der Waals surface area contributed by atoms with E-state index in [0.717, 1.165) is 23.1 Å². The molecule has 4 aromatic rings. The smallest absolute Gasteiger partial charge is 0.222 e. The second kappa shape index (κ2) is 9.39. The highest BCUT2D eigenvalue weighted by Gasteiger charge is 2.18. The van der Waals surface area contributed by atoms with Crippen molar-refractivity contribution in [1.82, 2.24) is 14.9 Å². The number of pyridine rings is 1. The van der Waals surface area contributed by atoms with Crippen molar-refractivity contribution in [2.75, 3.05) is 13.2 Å². The fourth-order valence-electron chi connectivity index (χ4n) is 3.31. The Bertz CT molecular complexity index is 1010. The van der Waals surface area contributed by atoms with Gasteiger partial charge in [0.1, 0.15) is 11.3 Å². The normalized spacial score (nSPS) is 12.0. The van der Waals surface area contributed by atoms with Gasteiger partial charge in [0.25, 0.3) is 0 Å². The van der Waals surface area contributed by atoms with Gasteiger partial charge in [-0.3, -0.25) is 9.78 Å². The number of amides is 1. The van der Waals surface area contributed by atoms with Crippen LogP contribution in [0.2, 0.25) is 0 Å². The van der Waals surface area contributed by atoms with Crippen LogP contribution in [0, 0.1) is 0 Å². The number of nitrogens with zero attached hydrogens (tertiary/aromatic N) is 2. The maximum atomic E-state index is 12.5. The number of thiophene rings is 1. The zero-order valence-electron chi connectivity index (χ0n) is 16.0. The lowest BCUT2D eigenvalue weighted by atomic mass is 10.1. The second-order valence-electron chi connectivity index (χ2n) is 6.75. The lowest BCUT2D eigenvalue weighted by molar-refractivity contribution is -0.121. The fraction of sp³-hybridized carbons (Fsp3) is 0.217. The van der Waals surface area contributed by atoms with Gasteiger partial charge < -0.3 is 14.6 Å². The van der Waals surface area contributed by atoms with Crippen molar-refractivity contribution in [3.8, 4) is 5.75 Å². The minimum absolute atomic E-state index is 0.0306. The molecule has 0 fully saturated rings. The number of benzene rings is 1. The SMILES string of the molecule is O=C(CC(c1cccs1)n1cccc1)NCCCOc1cccc2cccnc12. The minimum atomic E-state index is 0.0306. The first-order chi connectivity index (χ1) is 14.3. The molecule has 3 aromatic heterocycles. The van der Waals surface area contributed by atoms with E-state index in [-0.39, 0.29) is 11.9 Å². The van der Waals surface area contributed by atoms with Gasteiger partial charge in [-0.15, -0.1) is 11.3 Å². The first-order valence-corrected chi connectivity index (χ1v) is 10.6. The summed E-state index contributed by atoms with van der Waals surface area (Å²) in [6.07, 6.45) is 6.93. The van der Waals surface area contributed by atoms with Gasteiger partial charge in [0, 0.05) is 35.4 Å². The van der Waals surface area contributed by atoms with Crippen molar-refractivity contribution in [2.24, 2.45) is 0 Å². The fourth-order valence-corrected chi connectivity index (χ4v) is 4.15. The summed E-state index contributed by atoms with van der Waals surface area (Å²) in [7, 11) is 0. The Hall–Kier alpha value is -3.12. The number of para-hydroxylation sites is 1. The van der Waals surface area contributed by atoms with Crippen molar-refractivity contribution in [3.05, 3.63) is 83.4 Å². The van der Waals surface area contributed by atoms with Crippen LogP contribution in [0.25, 0.3) is 10.9 Å². The zero-order chi connectivity index (χ0) is 19.9. The Balaban J connectivity index is 1.25. The van der Waals surface area contributed by atoms with Crippen molar-refractivity contribution < 1.29 is 9.53 Å². The number of carbonyl (C=O) groups is 1. The summed E-state index contributed by atoms with van der Waals surface area (Å²) < 4.78 is 7.97. The average Bonchev–Trinajstić information content (AvgIpc) is 3.46. The second-order valence-corrected chi connectivity index (χ2v) is 7.73. The first-order valence-electron chi connectivity index (χ1n) is 9.70. The molecule has 1 amide bonds. The Labute approximate surface area is 174 Å². The number of hydrogen-bond donors (Lipinski definition) is 1. The summed E-state index contributed by atoms with van der Waals surface area (Å²) in [5, 5.41) is 6.12. The van der Waals surface area contributed by atoms with E-state index in [9.17, 15) is 4.79 Å². The van der Waals surface area contributed by atoms with Crippen molar-refractivity contribution in [2.45, 2.75) is 18.9 Å². The number of fused-ring (bicyclic) bond motifs is 1. The number of carbonyl (C=O) groups excluding carboxylic acids is 1. The maximum Gasteiger partial charge on any atom is 0.222 e. The largest absolute Gasteiger partial charge is 0.491 e. The van der Waals surface area contributed by atoms with Crippen LogP contribution >= 0.6 is 11.3 Å². The topological polar surface area (TPSA) is 56.2 Å². The highest BCUT2D eigenvalue weighted by molar-refractivity contribution is 7.10. The van der Waals surface area contributed by atoms with Crippen molar-refractivity contribution >= 4 is 28.1 Å². The van der Waals surface area contributed by atoms with Crippen molar-refractivity contribution in [3.63, 3.8) is 0 Å². The highest BCUT2D eigenvalue weighted by Crippen LogP contribution is 2.26. The molecular weight excluding hydrogens is 382 g/mol. The molecule has 0 radical (unpaired) electrons. The van der Waals surface area contributed by atoms with Crippen LogP contribution in [-0.2, 0) is 4.79 Å². The zero-order valence-corrected chi connectivity index (χ0v) is 16.8. The molecule has 1 aromatic carbocycles. The van der Waals surface area contributed by atoms with Crippen LogP contribution in [0.5, 0.6) is 5.75 Å². The van der Waals surface area contributed by atoms with Gasteiger partial charge in [-0.05, 0) is 42.1 Å². The van der Waals surface area contributed by atoms with Crippen LogP contribution < -0.4 is 10.1 Å². The number of ether oxygens (including phenoxy) is 1. The van der Waals surface area contributed by atoms with Gasteiger partial charge >= 0.3 is 0 Å². The third kappa shape index (κ3) is 4.84. The van der Waals surface area contributed by atoms with Crippen LogP contribution in [0.3, 0.4) is 0 Å². The molecule has 3 heterocycles. The van der Waals surface area contributed by atoms with E-state index in [0.29, 0.717) is 19.6 Å². The molecule has 5 nitrogen and oxygen atoms in total. The molecule has 148 valence electrons. The van der Waals surface area contributed by atoms with Gasteiger partial charge in [-0.1, -0.05) is 24.3 Å². The van der Waals surface area contributed by atoms with Gasteiger partial charge in [0.05, 0.1) is 19.1 Å². The molecule has 1 unspecified atom stereocenters. The molecule has 1 atom stereocenters. The van der Waals surface area contributed by atoms with Gasteiger partial charge in [-0.25, -0.2) is 0 Å². The maximum absolute atomic E-state index is 12.5. The Morgan fingerprint density at radius 3 is 2.79 bits per heavy atom. The van der Waals surface area contributed by atoms with Gasteiger partial charge in [0.2, 0.25) is 5.91 Å². The van der Waals surface area contributed by atoms with Crippen LogP contribution in [-0.4, -0.2) is 28.6 Å². The number of rotatable bonds is 9. The highest BCUT2D eigenvalue weighted by atomic mass is 32.1. The molecule has 0 aliphatic heterocycles. The third-order valence-corrected chi connectivity index (χ3v) is 5.71. The summed E-state index contributed by atoms with van der Waals surface area (Å²) in [5.41, 5.74) is 0.865. The molecule has 4 rings (SSSR count). The van der Waals surface area contributed by atoms with E-state index in [1.54, 1.807) is 17.5 Å². The molecule has 0 aliphatic rings. The summed E-state index contributed by atoms with van der Waals surface area (Å²) in [6.45, 7) is 1.11. The first kappa shape index (κ1) is 19.2. The quantitative estimate of drug-likeness (QED) is 0.412. The van der Waals surface area contributed by atoms with Gasteiger partial charge in [-0.2, -0.15) is 0 Å². The number of aromatic nitrogens is 2. The van der Waals surface area contributed by atoms with E-state index in [4.69, 9.17) is 4.74 Å². The average molecular weight is 406 g/mol. The Kier molecular flexibility index (Phi) is 6.22. The summed E-state index contributed by atoms with van der Waals surface area (Å²) >= 11 is 1.67. The Morgan fingerprint density at radius 2 is 1.97 bits per heavy atom. The Morgan fingerprint density at radius 1 is 1.10 bits per heavy atom. The lowest BCUT2D eigenvalue weighted by Crippen LogP contribution is -2.28. The molecule has 0 saturated heterocycles. The van der Waals surface area contributed by atoms with E-state index in [1.165, 1.54) is 4.88 Å². The lowest BCUT2D eigenvalue weighted by Gasteiger charge is -2.17. The van der Waals surface area contributed by atoms with Crippen LogP contribution in [0.1, 0.15) is 23.8 Å². The van der Waals surface area contributed by atoms with Gasteiger partial charge in [0.15, 0.2) is 0 Å². The molecule has 0 saturated carbocycles. The van der Waals surface area contributed by atoms with Crippen molar-refractivity contribution in [1.29, 1.82) is 0 Å². The molecule has 1 N–H and O–H groups in total. The molecule has 0 aliphatic carbocycles. The van der Waals surface area contributed by atoms with E-state index < -0.39 is 0 Å². The van der Waals surface area contributed by atoms with Crippen LogP contribution in [0.15, 0.2) is 78.6 Å². The summed E-state index contributed by atoms with van der Waals surface area (Å²) in [5.74, 6) is 0.823. The predicted octanol–water partition coefficient (Wildman–Crippen LogP) is 4.66. The number of nitrogens with one attached hydrogen (secondary N) is 1. The van der Waals surface area contributed by atoms with E-state index in [1.807, 2.05) is 66.3 Å². The molecule has 0 spiro atoms. The standard InChI is InChI=1S/C23H23N3O2S/c27-22(17-19(21-10-5-16-29-21)26-13-1-2-14-26)24-12-6-15-28-20-9-3-7-18-8-4-11-25-23(18)20/h1-5,7-11,13-14,16,19H,6,12,15,17H2,(H,24,27). The summed E-state index contributed by atoms with van der Waals surface area (Å²) in [4.78, 5) is 18.1. The molecule has 29 heavy (non-hydrogen) atoms. The van der Waals surface area contributed by atoms with E-state index in [2.05, 4.69) is 20.9 Å². The molecule has 0 bridgehead atoms. The molecular formula is C23H23N3O2S. The monoisotopic (exact) mass is 405 g/mol. The van der Waals surface area contributed by atoms with E-state index >= 15 is 0 Å². The summed E-state index contributed by atoms with van der Waals surface area (Å²) in [6, 6.07) is 17.9.